The van der Waals surface area contributed by atoms with Crippen molar-refractivity contribution in [2.24, 2.45) is 28.9 Å². The zero-order valence-electron chi connectivity index (χ0n) is 33.4. The molecule has 3 heterocycles. The SMILES string of the molecule is Cc1cc(O)cc(C)c1CC(NC(=O)C(CCCn1ccnc1N)OC(N)=O)C(=O)NC(Cc1c[nH]c2ccc(F)cc12)c1nc(CC23CC4CC(CC(C4)C2)C3)no1. The van der Waals surface area contributed by atoms with Crippen molar-refractivity contribution in [1.82, 2.24) is 35.3 Å². The van der Waals surface area contributed by atoms with Gasteiger partial charge in [0.15, 0.2) is 17.9 Å². The molecule has 3 aromatic heterocycles. The second-order valence-corrected chi connectivity index (χ2v) is 17.3. The number of aromatic hydroxyl groups is 1. The Bertz CT molecular complexity index is 2290. The smallest absolute Gasteiger partial charge is 0.405 e. The van der Waals surface area contributed by atoms with Crippen molar-refractivity contribution in [3.8, 4) is 5.75 Å². The molecule has 312 valence electrons. The number of benzene rings is 2. The van der Waals surface area contributed by atoms with E-state index in [1.807, 2.05) is 13.8 Å². The van der Waals surface area contributed by atoms with Crippen LogP contribution in [0.4, 0.5) is 15.1 Å². The minimum atomic E-state index is -1.32. The second-order valence-electron chi connectivity index (χ2n) is 17.3. The normalized spacial score (nSPS) is 22.3. The van der Waals surface area contributed by atoms with Crippen LogP contribution in [0.5, 0.6) is 5.75 Å². The molecule has 0 spiro atoms. The van der Waals surface area contributed by atoms with Crippen molar-refractivity contribution in [1.29, 1.82) is 0 Å². The molecule has 0 saturated heterocycles. The third-order valence-electron chi connectivity index (χ3n) is 12.8. The van der Waals surface area contributed by atoms with Gasteiger partial charge in [0.25, 0.3) is 5.91 Å². The molecule has 59 heavy (non-hydrogen) atoms. The predicted octanol–water partition coefficient (Wildman–Crippen LogP) is 5.62. The predicted molar refractivity (Wildman–Crippen MR) is 215 cm³/mol. The summed E-state index contributed by atoms with van der Waals surface area (Å²) in [7, 11) is 0. The number of halogens is 1. The van der Waals surface area contributed by atoms with E-state index in [9.17, 15) is 23.9 Å². The van der Waals surface area contributed by atoms with Gasteiger partial charge < -0.3 is 46.0 Å². The monoisotopic (exact) mass is 809 g/mol. The molecular formula is C43H52FN9O6. The number of anilines is 1. The number of nitrogen functional groups attached to an aromatic ring is 1. The third kappa shape index (κ3) is 8.91. The van der Waals surface area contributed by atoms with Crippen molar-refractivity contribution in [3.63, 3.8) is 0 Å². The molecule has 9 rings (SSSR count). The van der Waals surface area contributed by atoms with E-state index in [-0.39, 0.29) is 36.3 Å². The number of phenols is 1. The summed E-state index contributed by atoms with van der Waals surface area (Å²) in [4.78, 5) is 52.7. The van der Waals surface area contributed by atoms with Gasteiger partial charge in [-0.15, -0.1) is 0 Å². The number of carbonyl (C=O) groups is 3. The quantitative estimate of drug-likeness (QED) is 0.0721. The number of ether oxygens (including phenoxy) is 1. The Labute approximate surface area is 340 Å². The molecule has 15 nitrogen and oxygen atoms in total. The molecule has 3 amide bonds. The van der Waals surface area contributed by atoms with Gasteiger partial charge in [0.2, 0.25) is 11.8 Å². The molecule has 4 fully saturated rings. The fraction of sp³-hybridized carbons (Fsp3) is 0.488. The Kier molecular flexibility index (Phi) is 11.1. The van der Waals surface area contributed by atoms with Gasteiger partial charge in [-0.1, -0.05) is 5.16 Å². The Morgan fingerprint density at radius 1 is 1.05 bits per heavy atom. The summed E-state index contributed by atoms with van der Waals surface area (Å²) in [6.07, 6.45) is 11.3. The first-order valence-electron chi connectivity index (χ1n) is 20.5. The van der Waals surface area contributed by atoms with Crippen LogP contribution in [-0.4, -0.2) is 59.8 Å². The van der Waals surface area contributed by atoms with Crippen LogP contribution in [0.3, 0.4) is 0 Å². The molecule has 3 unspecified atom stereocenters. The standard InChI is InChI=1S/C43H52FN9O6/c1-23-10-30(54)11-24(2)31(23)17-34(49-39(56)36(58-42(46)57)4-3-8-53-9-7-47-41(53)45)38(55)50-35(15-28-22-48-33-6-5-29(44)16-32(28)33)40-51-37(52-59-40)21-43-18-25-12-26(19-43)14-27(13-25)20-43/h5-7,9-11,16,22,25-27,34-36,48,54H,3-4,8,12-15,17-21H2,1-2H3,(H2,45,47)(H2,46,57)(H,49,56)(H,50,55). The van der Waals surface area contributed by atoms with E-state index in [1.165, 1.54) is 50.7 Å². The Hall–Kier alpha value is -5.93. The molecule has 3 atom stereocenters. The number of aryl methyl sites for hydroxylation is 3. The first kappa shape index (κ1) is 39.9. The van der Waals surface area contributed by atoms with Crippen LogP contribution >= 0.6 is 0 Å². The Morgan fingerprint density at radius 2 is 1.76 bits per heavy atom. The highest BCUT2D eigenvalue weighted by atomic mass is 19.1. The van der Waals surface area contributed by atoms with Crippen molar-refractivity contribution in [2.45, 2.75) is 109 Å². The fourth-order valence-corrected chi connectivity index (χ4v) is 10.7. The number of fused-ring (bicyclic) bond motifs is 1. The zero-order chi connectivity index (χ0) is 41.4. The third-order valence-corrected chi connectivity index (χ3v) is 12.8. The summed E-state index contributed by atoms with van der Waals surface area (Å²) in [5.74, 6) is 1.69. The number of amides is 3. The lowest BCUT2D eigenvalue weighted by atomic mass is 9.49. The lowest BCUT2D eigenvalue weighted by Crippen LogP contribution is -2.52. The first-order chi connectivity index (χ1) is 28.3. The molecule has 0 aliphatic heterocycles. The van der Waals surface area contributed by atoms with Gasteiger partial charge in [-0.2, -0.15) is 4.98 Å². The summed E-state index contributed by atoms with van der Waals surface area (Å²) < 4.78 is 27.5. The van der Waals surface area contributed by atoms with Crippen LogP contribution < -0.4 is 22.1 Å². The highest BCUT2D eigenvalue weighted by Crippen LogP contribution is 2.61. The summed E-state index contributed by atoms with van der Waals surface area (Å²) in [6, 6.07) is 5.56. The van der Waals surface area contributed by atoms with Crippen LogP contribution in [0.1, 0.15) is 91.4 Å². The van der Waals surface area contributed by atoms with Gasteiger partial charge in [0.1, 0.15) is 23.7 Å². The number of nitrogens with one attached hydrogen (secondary N) is 3. The average Bonchev–Trinajstić information content (AvgIpc) is 3.91. The van der Waals surface area contributed by atoms with Crippen molar-refractivity contribution in [2.75, 3.05) is 5.73 Å². The number of H-pyrrole nitrogens is 1. The number of carbonyl (C=O) groups excluding carboxylic acids is 3. The minimum absolute atomic E-state index is 0.0243. The van der Waals surface area contributed by atoms with Gasteiger partial charge in [-0.05, 0) is 141 Å². The number of hydrogen-bond donors (Lipinski definition) is 6. The molecule has 8 N–H and O–H groups in total. The molecule has 5 aromatic rings. The maximum absolute atomic E-state index is 14.7. The lowest BCUT2D eigenvalue weighted by molar-refractivity contribution is -0.134. The molecule has 4 saturated carbocycles. The molecule has 0 radical (unpaired) electrons. The van der Waals surface area contributed by atoms with Gasteiger partial charge in [-0.25, -0.2) is 14.2 Å². The molecular weight excluding hydrogens is 758 g/mol. The number of hydrogen-bond acceptors (Lipinski definition) is 10. The highest BCUT2D eigenvalue weighted by Gasteiger charge is 2.51. The Morgan fingerprint density at radius 3 is 2.42 bits per heavy atom. The first-order valence-corrected chi connectivity index (χ1v) is 20.5. The van der Waals surface area contributed by atoms with Gasteiger partial charge in [0.05, 0.1) is 0 Å². The largest absolute Gasteiger partial charge is 0.508 e. The van der Waals surface area contributed by atoms with Crippen LogP contribution in [0, 0.1) is 42.8 Å². The summed E-state index contributed by atoms with van der Waals surface area (Å²) >= 11 is 0. The van der Waals surface area contributed by atoms with Crippen LogP contribution in [0.2, 0.25) is 0 Å². The number of imidazole rings is 1. The number of aromatic nitrogens is 5. The lowest BCUT2D eigenvalue weighted by Gasteiger charge is -2.56. The number of aromatic amines is 1. The van der Waals surface area contributed by atoms with Crippen LogP contribution in [0.25, 0.3) is 10.9 Å². The van der Waals surface area contributed by atoms with Crippen LogP contribution in [-0.2, 0) is 40.1 Å². The van der Waals surface area contributed by atoms with Gasteiger partial charge in [0, 0.05) is 55.3 Å². The van der Waals surface area contributed by atoms with Crippen molar-refractivity contribution >= 4 is 34.8 Å². The van der Waals surface area contributed by atoms with E-state index in [4.69, 9.17) is 25.7 Å². The van der Waals surface area contributed by atoms with E-state index < -0.39 is 41.9 Å². The van der Waals surface area contributed by atoms with Gasteiger partial charge >= 0.3 is 6.09 Å². The second kappa shape index (κ2) is 16.4. The van der Waals surface area contributed by atoms with Gasteiger partial charge in [-0.3, -0.25) is 9.59 Å². The van der Waals surface area contributed by atoms with E-state index in [0.717, 1.165) is 28.8 Å². The minimum Gasteiger partial charge on any atom is -0.508 e. The number of nitrogens with two attached hydrogens (primary N) is 2. The molecule has 4 aliphatic rings. The summed E-state index contributed by atoms with van der Waals surface area (Å²) in [5, 5.41) is 21.3. The Balaban J connectivity index is 1.07. The highest BCUT2D eigenvalue weighted by molar-refractivity contribution is 5.91. The average molecular weight is 810 g/mol. The van der Waals surface area contributed by atoms with Crippen molar-refractivity contribution < 1.29 is 33.1 Å². The summed E-state index contributed by atoms with van der Waals surface area (Å²) in [6.45, 7) is 4.01. The molecule has 4 bridgehead atoms. The van der Waals surface area contributed by atoms with E-state index >= 15 is 0 Å². The molecule has 16 heteroatoms. The number of phenolic OH excluding ortho intramolecular Hbond substituents is 1. The fourth-order valence-electron chi connectivity index (χ4n) is 10.7. The number of rotatable bonds is 16. The maximum atomic E-state index is 14.7. The van der Waals surface area contributed by atoms with E-state index in [0.29, 0.717) is 53.2 Å². The van der Waals surface area contributed by atoms with Crippen molar-refractivity contribution in [3.05, 3.63) is 88.7 Å². The summed E-state index contributed by atoms with van der Waals surface area (Å²) in [5.41, 5.74) is 15.0. The zero-order valence-corrected chi connectivity index (χ0v) is 33.4. The van der Waals surface area contributed by atoms with Crippen LogP contribution in [0.15, 0.2) is 53.4 Å². The molecule has 4 aliphatic carbocycles. The van der Waals surface area contributed by atoms with E-state index in [1.54, 1.807) is 41.4 Å². The number of nitrogens with zero attached hydrogens (tertiary/aromatic N) is 4. The topological polar surface area (TPSA) is 229 Å². The van der Waals surface area contributed by atoms with E-state index in [2.05, 4.69) is 25.8 Å². The maximum Gasteiger partial charge on any atom is 0.405 e. The number of primary amides is 1. The molecule has 2 aromatic carbocycles.